The Hall–Kier alpha value is -1.57. The van der Waals surface area contributed by atoms with Gasteiger partial charge in [-0.25, -0.2) is 0 Å². The zero-order valence-electron chi connectivity index (χ0n) is 22.8. The first-order chi connectivity index (χ1) is 15.4. The molecule has 3 N–H and O–H groups in total. The number of aromatic hydroxyl groups is 2. The zero-order chi connectivity index (χ0) is 26.7. The molecular weight excluding hydrogens is 594 g/mol. The van der Waals surface area contributed by atoms with E-state index in [0.717, 1.165) is 28.7 Å². The van der Waals surface area contributed by atoms with Gasteiger partial charge < -0.3 is 20.6 Å². The van der Waals surface area contributed by atoms with Crippen LogP contribution in [-0.2, 0) is 43.1 Å². The Labute approximate surface area is 218 Å². The topological polar surface area (TPSA) is 74.8 Å². The third-order valence-corrected chi connectivity index (χ3v) is 5.60. The normalized spacial score (nSPS) is 11.5. The Morgan fingerprint density at radius 2 is 1.03 bits per heavy atom. The third kappa shape index (κ3) is 12.8. The first kappa shape index (κ1) is 32.4. The van der Waals surface area contributed by atoms with Crippen LogP contribution >= 0.6 is 0 Å². The number of hydrogen-bond acceptors (Lipinski definition) is 3. The van der Waals surface area contributed by atoms with Gasteiger partial charge in [0, 0.05) is 0 Å². The van der Waals surface area contributed by atoms with Crippen molar-refractivity contribution in [3.63, 3.8) is 0 Å². The molecule has 0 aromatic heterocycles. The van der Waals surface area contributed by atoms with Crippen LogP contribution in [0.1, 0.15) is 97.9 Å². The van der Waals surface area contributed by atoms with E-state index in [1.165, 1.54) is 19.2 Å². The maximum absolute atomic E-state index is 10.5. The van der Waals surface area contributed by atoms with Crippen LogP contribution in [0.15, 0.2) is 36.4 Å². The molecule has 4 nitrogen and oxygen atoms in total. The molecule has 0 aliphatic rings. The monoisotopic (exact) mass is 639 g/mol. The molecule has 0 amide bonds. The van der Waals surface area contributed by atoms with Crippen molar-refractivity contribution in [1.29, 1.82) is 0 Å². The Bertz CT molecular complexity index is 857. The van der Waals surface area contributed by atoms with Crippen LogP contribution in [0.3, 0.4) is 0 Å². The van der Waals surface area contributed by atoms with Crippen LogP contribution in [0, 0.1) is 4.20 Å². The summed E-state index contributed by atoms with van der Waals surface area (Å²) in [4.78, 5) is 0. The first-order valence-electron chi connectivity index (χ1n) is 11.8. The molecular formula is C29H45NO3W. The van der Waals surface area contributed by atoms with Crippen LogP contribution in [-0.4, -0.2) is 20.9 Å². The van der Waals surface area contributed by atoms with E-state index in [1.54, 1.807) is 20.8 Å². The fraction of sp³-hybridized carbons (Fsp3) is 0.552. The molecule has 190 valence electrons. The number of benzene rings is 2. The Morgan fingerprint density at radius 1 is 0.735 bits per heavy atom. The molecule has 0 spiro atoms. The molecule has 0 saturated heterocycles. The second kappa shape index (κ2) is 14.1. The van der Waals surface area contributed by atoms with Gasteiger partial charge in [-0.15, -0.1) is 13.1 Å². The van der Waals surface area contributed by atoms with Crippen LogP contribution < -0.4 is 0 Å². The van der Waals surface area contributed by atoms with Crippen molar-refractivity contribution in [1.82, 2.24) is 0 Å². The Balaban J connectivity index is 0.00000103. The molecule has 2 aromatic carbocycles. The van der Waals surface area contributed by atoms with E-state index in [-0.39, 0.29) is 10.8 Å². The van der Waals surface area contributed by atoms with Gasteiger partial charge in [-0.1, -0.05) is 77.9 Å². The van der Waals surface area contributed by atoms with E-state index in [4.69, 9.17) is 5.11 Å². The van der Waals surface area contributed by atoms with E-state index in [1.807, 2.05) is 36.4 Å². The molecule has 0 atom stereocenters. The summed E-state index contributed by atoms with van der Waals surface area (Å²) >= 11 is 1.46. The summed E-state index contributed by atoms with van der Waals surface area (Å²) in [6.45, 7) is 20.7. The summed E-state index contributed by atoms with van der Waals surface area (Å²) < 4.78 is 3.01. The average Bonchev–Trinajstić information content (AvgIpc) is 2.67. The Morgan fingerprint density at radius 3 is 1.26 bits per heavy atom. The molecule has 0 aliphatic carbocycles. The zero-order valence-corrected chi connectivity index (χ0v) is 25.7. The van der Waals surface area contributed by atoms with E-state index in [9.17, 15) is 10.2 Å². The predicted octanol–water partition coefficient (Wildman–Crippen LogP) is 7.45. The molecule has 0 radical (unpaired) electrons. The van der Waals surface area contributed by atoms with Crippen LogP contribution in [0.2, 0.25) is 0 Å². The number of phenols is 2. The van der Waals surface area contributed by atoms with Crippen molar-refractivity contribution in [2.75, 3.05) is 0 Å². The maximum atomic E-state index is 10.5. The molecule has 0 fully saturated rings. The number of para-hydroxylation sites is 2. The number of nitrogens with zero attached hydrogens (tertiary/aromatic N) is 1. The summed E-state index contributed by atoms with van der Waals surface area (Å²) in [5.74, 6) is 0.651. The molecule has 0 aliphatic heterocycles. The van der Waals surface area contributed by atoms with Gasteiger partial charge in [0.2, 0.25) is 0 Å². The minimum atomic E-state index is -0.500. The Kier molecular flexibility index (Phi) is 13.4. The van der Waals surface area contributed by atoms with Crippen molar-refractivity contribution in [2.45, 2.75) is 105 Å². The van der Waals surface area contributed by atoms with E-state index >= 15 is 0 Å². The van der Waals surface area contributed by atoms with Crippen molar-refractivity contribution in [3.05, 3.63) is 64.0 Å². The van der Waals surface area contributed by atoms with Gasteiger partial charge in [-0.3, -0.25) is 0 Å². The van der Waals surface area contributed by atoms with Crippen LogP contribution in [0.5, 0.6) is 11.5 Å². The van der Waals surface area contributed by atoms with Crippen molar-refractivity contribution in [2.24, 2.45) is 0 Å². The fourth-order valence-electron chi connectivity index (χ4n) is 2.95. The van der Waals surface area contributed by atoms with Gasteiger partial charge in [0.25, 0.3) is 0 Å². The minimum absolute atomic E-state index is 0.112. The SMILES string of the molecule is CC(C)(C)O.CC(C)(C)c1cccc(C[N-]Cc2cccc(C(C)(C)C)c2O)c1O.CC[C]#[W+]. The standard InChI is InChI=1S/C22H30NO2.C4H10O.C3H5.W/c1-21(2,3)17-11-7-9-15(19(17)24)13-23-14-16-10-8-12-18(20(16)25)22(4,5)6;1-4(2,3)5;1-3-2;/h7-12,24-25H,13-14H2,1-6H3;5H,1-3H3;3H2,1H3;/q-1;;;+1. The number of phenolic OH excluding ortho intramolecular Hbond substituents is 2. The second-order valence-corrected chi connectivity index (χ2v) is 12.4. The van der Waals surface area contributed by atoms with Crippen LogP contribution in [0.25, 0.3) is 5.32 Å². The van der Waals surface area contributed by atoms with E-state index in [2.05, 4.69) is 58.0 Å². The second-order valence-electron chi connectivity index (χ2n) is 11.3. The van der Waals surface area contributed by atoms with Gasteiger partial charge in [0.15, 0.2) is 0 Å². The molecule has 2 rings (SSSR count). The third-order valence-electron chi connectivity index (χ3n) is 4.56. The summed E-state index contributed by atoms with van der Waals surface area (Å²) in [5.41, 5.74) is 2.77. The molecule has 0 heterocycles. The summed E-state index contributed by atoms with van der Waals surface area (Å²) in [6, 6.07) is 11.6. The number of rotatable bonds is 4. The molecule has 34 heavy (non-hydrogen) atoms. The molecule has 5 heteroatoms. The molecule has 0 saturated carbocycles. The van der Waals surface area contributed by atoms with Crippen molar-refractivity contribution in [3.8, 4) is 15.7 Å². The average molecular weight is 640 g/mol. The van der Waals surface area contributed by atoms with E-state index in [0.29, 0.717) is 24.6 Å². The molecule has 0 unspecified atom stereocenters. The summed E-state index contributed by atoms with van der Waals surface area (Å²) in [6.07, 6.45) is 1.11. The molecule has 0 bridgehead atoms. The van der Waals surface area contributed by atoms with Gasteiger partial charge in [-0.2, -0.15) is 0 Å². The van der Waals surface area contributed by atoms with Gasteiger partial charge in [0.05, 0.1) is 5.60 Å². The predicted molar refractivity (Wildman–Crippen MR) is 141 cm³/mol. The van der Waals surface area contributed by atoms with E-state index < -0.39 is 5.60 Å². The summed E-state index contributed by atoms with van der Waals surface area (Å²) in [5, 5.41) is 34.1. The van der Waals surface area contributed by atoms with Crippen LogP contribution in [0.4, 0.5) is 0 Å². The molecule has 2 aromatic rings. The fourth-order valence-corrected chi connectivity index (χ4v) is 2.95. The van der Waals surface area contributed by atoms with Crippen molar-refractivity contribution >= 4 is 0 Å². The van der Waals surface area contributed by atoms with Gasteiger partial charge in [0.1, 0.15) is 11.5 Å². The summed E-state index contributed by atoms with van der Waals surface area (Å²) in [7, 11) is 0. The number of aliphatic hydroxyl groups is 1. The van der Waals surface area contributed by atoms with Gasteiger partial charge >= 0.3 is 36.7 Å². The van der Waals surface area contributed by atoms with Crippen molar-refractivity contribution < 1.29 is 34.5 Å². The van der Waals surface area contributed by atoms with Gasteiger partial charge in [-0.05, 0) is 53.9 Å². The first-order valence-corrected chi connectivity index (χ1v) is 13.2. The quantitative estimate of drug-likeness (QED) is 0.326. The number of hydrogen-bond donors (Lipinski definition) is 3.